The van der Waals surface area contributed by atoms with Crippen LogP contribution in [0.2, 0.25) is 0 Å². The van der Waals surface area contributed by atoms with Gasteiger partial charge in [-0.3, -0.25) is 10.1 Å². The van der Waals surface area contributed by atoms with Crippen molar-refractivity contribution in [1.29, 1.82) is 0 Å². The standard InChI is InChI=1S/C21H26N2O4.ClH/c1-21(2,3)22-17-11-9-15-16(20(17)24)10-12-18(19(15)23(25)26)27-13-14-7-5-4-6-8-14;/h4-8,10,12,17,20,22,24H,9,11,13H2,1-3H3;1H/t17-,20-;/m0./s1. The van der Waals surface area contributed by atoms with Crippen molar-refractivity contribution < 1.29 is 14.8 Å². The molecule has 0 aromatic heterocycles. The Balaban J connectivity index is 0.00000280. The molecule has 0 aliphatic heterocycles. The van der Waals surface area contributed by atoms with Crippen LogP contribution in [0.25, 0.3) is 0 Å². The van der Waals surface area contributed by atoms with Crippen LogP contribution >= 0.6 is 12.4 Å². The highest BCUT2D eigenvalue weighted by atomic mass is 35.5. The molecule has 0 bridgehead atoms. The zero-order valence-electron chi connectivity index (χ0n) is 16.3. The molecule has 6 nitrogen and oxygen atoms in total. The lowest BCUT2D eigenvalue weighted by molar-refractivity contribution is -0.386. The van der Waals surface area contributed by atoms with E-state index in [1.54, 1.807) is 12.1 Å². The minimum Gasteiger partial charge on any atom is -0.482 e. The first-order valence-electron chi connectivity index (χ1n) is 9.19. The lowest BCUT2D eigenvalue weighted by Gasteiger charge is -2.35. The second kappa shape index (κ2) is 8.90. The number of fused-ring (bicyclic) bond motifs is 1. The molecular formula is C21H27ClN2O4. The number of aliphatic hydroxyl groups excluding tert-OH is 1. The SMILES string of the molecule is CC(C)(C)N[C@H]1CCc2c(ccc(OCc3ccccc3)c2[N+](=O)[O-])[C@@H]1O.Cl. The smallest absolute Gasteiger partial charge is 0.314 e. The molecule has 2 aromatic carbocycles. The minimum atomic E-state index is -0.783. The summed E-state index contributed by atoms with van der Waals surface area (Å²) in [6, 6.07) is 12.8. The summed E-state index contributed by atoms with van der Waals surface area (Å²) >= 11 is 0. The highest BCUT2D eigenvalue weighted by molar-refractivity contribution is 5.85. The highest BCUT2D eigenvalue weighted by Crippen LogP contribution is 2.41. The molecule has 0 spiro atoms. The first-order valence-corrected chi connectivity index (χ1v) is 9.19. The molecule has 28 heavy (non-hydrogen) atoms. The molecular weight excluding hydrogens is 380 g/mol. The summed E-state index contributed by atoms with van der Waals surface area (Å²) in [6.45, 7) is 6.38. The van der Waals surface area contributed by atoms with E-state index in [9.17, 15) is 15.2 Å². The predicted molar refractivity (Wildman–Crippen MR) is 111 cm³/mol. The summed E-state index contributed by atoms with van der Waals surface area (Å²) in [6.07, 6.45) is 0.378. The van der Waals surface area contributed by atoms with E-state index in [1.165, 1.54) is 0 Å². The molecule has 2 aromatic rings. The molecule has 0 heterocycles. The molecule has 2 N–H and O–H groups in total. The minimum absolute atomic E-state index is 0. The number of ether oxygens (including phenoxy) is 1. The fraction of sp³-hybridized carbons (Fsp3) is 0.429. The van der Waals surface area contributed by atoms with E-state index in [4.69, 9.17) is 4.74 Å². The third kappa shape index (κ3) is 5.01. The normalized spacial score (nSPS) is 18.7. The summed E-state index contributed by atoms with van der Waals surface area (Å²) in [7, 11) is 0. The number of halogens is 1. The van der Waals surface area contributed by atoms with Gasteiger partial charge in [-0.1, -0.05) is 36.4 Å². The van der Waals surface area contributed by atoms with Gasteiger partial charge < -0.3 is 15.2 Å². The topological polar surface area (TPSA) is 84.6 Å². The number of benzene rings is 2. The Labute approximate surface area is 171 Å². The number of nitro benzene ring substituents is 1. The van der Waals surface area contributed by atoms with E-state index in [2.05, 4.69) is 5.32 Å². The Bertz CT molecular complexity index is 821. The summed E-state index contributed by atoms with van der Waals surface area (Å²) in [4.78, 5) is 11.4. The van der Waals surface area contributed by atoms with Gasteiger partial charge in [0.2, 0.25) is 0 Å². The van der Waals surface area contributed by atoms with Crippen molar-refractivity contribution in [3.8, 4) is 5.75 Å². The Kier molecular flexibility index (Phi) is 7.04. The number of aliphatic hydroxyl groups is 1. The van der Waals surface area contributed by atoms with Gasteiger partial charge in [-0.15, -0.1) is 12.4 Å². The zero-order valence-corrected chi connectivity index (χ0v) is 17.2. The van der Waals surface area contributed by atoms with E-state index < -0.39 is 11.0 Å². The average molecular weight is 407 g/mol. The summed E-state index contributed by atoms with van der Waals surface area (Å²) in [5, 5.41) is 25.9. The molecule has 7 heteroatoms. The third-order valence-corrected chi connectivity index (χ3v) is 4.73. The van der Waals surface area contributed by atoms with Crippen molar-refractivity contribution in [3.63, 3.8) is 0 Å². The van der Waals surface area contributed by atoms with Crippen LogP contribution in [0.5, 0.6) is 5.75 Å². The van der Waals surface area contributed by atoms with Gasteiger partial charge in [0.1, 0.15) is 6.61 Å². The zero-order chi connectivity index (χ0) is 19.6. The number of hydrogen-bond donors (Lipinski definition) is 2. The van der Waals surface area contributed by atoms with Gasteiger partial charge in [0, 0.05) is 17.1 Å². The largest absolute Gasteiger partial charge is 0.482 e. The lowest BCUT2D eigenvalue weighted by Crippen LogP contribution is -2.48. The van der Waals surface area contributed by atoms with Crippen LogP contribution in [-0.2, 0) is 13.0 Å². The maximum Gasteiger partial charge on any atom is 0.314 e. The summed E-state index contributed by atoms with van der Waals surface area (Å²) in [5.41, 5.74) is 1.95. The van der Waals surface area contributed by atoms with Gasteiger partial charge in [-0.25, -0.2) is 0 Å². The van der Waals surface area contributed by atoms with Crippen molar-refractivity contribution in [1.82, 2.24) is 5.32 Å². The second-order valence-corrected chi connectivity index (χ2v) is 8.00. The van der Waals surface area contributed by atoms with Gasteiger partial charge in [0.15, 0.2) is 5.75 Å². The van der Waals surface area contributed by atoms with Crippen molar-refractivity contribution in [2.24, 2.45) is 0 Å². The maximum atomic E-state index is 11.8. The van der Waals surface area contributed by atoms with Gasteiger partial charge >= 0.3 is 5.69 Å². The Morgan fingerprint density at radius 1 is 1.21 bits per heavy atom. The molecule has 0 unspecified atom stereocenters. The highest BCUT2D eigenvalue weighted by Gasteiger charge is 2.36. The number of nitrogens with one attached hydrogen (secondary N) is 1. The molecule has 152 valence electrons. The molecule has 3 rings (SSSR count). The third-order valence-electron chi connectivity index (χ3n) is 4.73. The Morgan fingerprint density at radius 3 is 2.50 bits per heavy atom. The molecule has 0 saturated carbocycles. The van der Waals surface area contributed by atoms with Crippen molar-refractivity contribution in [3.05, 3.63) is 69.3 Å². The Hall–Kier alpha value is -2.15. The van der Waals surface area contributed by atoms with Crippen LogP contribution in [0.3, 0.4) is 0 Å². The van der Waals surface area contributed by atoms with Gasteiger partial charge in [-0.05, 0) is 50.8 Å². The molecule has 0 saturated heterocycles. The molecule has 0 amide bonds. The van der Waals surface area contributed by atoms with Crippen LogP contribution in [-0.4, -0.2) is 21.6 Å². The van der Waals surface area contributed by atoms with Crippen molar-refractivity contribution in [2.45, 2.75) is 57.9 Å². The first-order chi connectivity index (χ1) is 12.8. The van der Waals surface area contributed by atoms with Crippen LogP contribution in [0.4, 0.5) is 5.69 Å². The molecule has 1 aliphatic rings. The summed E-state index contributed by atoms with van der Waals surface area (Å²) in [5.74, 6) is 0.247. The van der Waals surface area contributed by atoms with E-state index in [0.717, 1.165) is 5.56 Å². The van der Waals surface area contributed by atoms with Gasteiger partial charge in [0.05, 0.1) is 11.0 Å². The van der Waals surface area contributed by atoms with Crippen LogP contribution in [0, 0.1) is 10.1 Å². The van der Waals surface area contributed by atoms with Crippen molar-refractivity contribution >= 4 is 18.1 Å². The van der Waals surface area contributed by atoms with Crippen molar-refractivity contribution in [2.75, 3.05) is 0 Å². The van der Waals surface area contributed by atoms with E-state index >= 15 is 0 Å². The molecule has 0 radical (unpaired) electrons. The van der Waals surface area contributed by atoms with Crippen LogP contribution < -0.4 is 10.1 Å². The van der Waals surface area contributed by atoms with Gasteiger partial charge in [-0.2, -0.15) is 0 Å². The predicted octanol–water partition coefficient (Wildman–Crippen LogP) is 4.33. The number of hydrogen-bond acceptors (Lipinski definition) is 5. The number of nitrogens with zero attached hydrogens (tertiary/aromatic N) is 1. The quantitative estimate of drug-likeness (QED) is 0.570. The Morgan fingerprint density at radius 2 is 1.89 bits per heavy atom. The fourth-order valence-electron chi connectivity index (χ4n) is 3.60. The molecule has 2 atom stereocenters. The molecule has 0 fully saturated rings. The second-order valence-electron chi connectivity index (χ2n) is 8.00. The number of rotatable bonds is 5. The lowest BCUT2D eigenvalue weighted by atomic mass is 9.83. The first kappa shape index (κ1) is 22.1. The average Bonchev–Trinajstić information content (AvgIpc) is 2.61. The maximum absolute atomic E-state index is 11.8. The van der Waals surface area contributed by atoms with E-state index in [0.29, 0.717) is 24.0 Å². The van der Waals surface area contributed by atoms with Gasteiger partial charge in [0.25, 0.3) is 0 Å². The van der Waals surface area contributed by atoms with Crippen LogP contribution in [0.15, 0.2) is 42.5 Å². The summed E-state index contributed by atoms with van der Waals surface area (Å²) < 4.78 is 5.75. The van der Waals surface area contributed by atoms with E-state index in [-0.39, 0.29) is 42.0 Å². The molecule has 1 aliphatic carbocycles. The number of nitro groups is 1. The van der Waals surface area contributed by atoms with E-state index in [1.807, 2.05) is 51.1 Å². The monoisotopic (exact) mass is 406 g/mol. The fourth-order valence-corrected chi connectivity index (χ4v) is 3.60. The van der Waals surface area contributed by atoms with Crippen LogP contribution in [0.1, 0.15) is 50.0 Å².